The molecule has 1 spiro atoms. The van der Waals surface area contributed by atoms with Gasteiger partial charge >= 0.3 is 0 Å². The van der Waals surface area contributed by atoms with E-state index in [1.54, 1.807) is 0 Å². The maximum Gasteiger partial charge on any atom is 0.127 e. The lowest BCUT2D eigenvalue weighted by Crippen LogP contribution is -2.54. The van der Waals surface area contributed by atoms with Gasteiger partial charge in [0.15, 0.2) is 0 Å². The molecule has 2 saturated heterocycles. The first-order valence-corrected chi connectivity index (χ1v) is 13.0. The standard InChI is InChI=1S/C25H34ClN3OS/c26-20-11-5-6-12-21(20)29-23(27-19-9-3-1-4-10-19)22(28-15-17-30-18-16-28)25(24(29)31)13-7-2-8-14-25/h5-6,11-12,19,22H,1-4,7-10,13-18H2/t22-/m1/s1. The van der Waals surface area contributed by atoms with E-state index in [2.05, 4.69) is 21.9 Å². The molecule has 6 heteroatoms. The van der Waals surface area contributed by atoms with Crippen molar-refractivity contribution in [2.24, 2.45) is 10.4 Å². The van der Waals surface area contributed by atoms with E-state index in [0.717, 1.165) is 60.7 Å². The minimum atomic E-state index is -0.0163. The van der Waals surface area contributed by atoms with Gasteiger partial charge in [-0.15, -0.1) is 0 Å². The minimum absolute atomic E-state index is 0.0163. The van der Waals surface area contributed by atoms with Crippen LogP contribution in [0.1, 0.15) is 64.2 Å². The average molecular weight is 460 g/mol. The summed E-state index contributed by atoms with van der Waals surface area (Å²) in [7, 11) is 0. The molecule has 1 atom stereocenters. The highest BCUT2D eigenvalue weighted by Crippen LogP contribution is 2.51. The van der Waals surface area contributed by atoms with Crippen molar-refractivity contribution in [3.8, 4) is 0 Å². The van der Waals surface area contributed by atoms with Crippen LogP contribution in [-0.2, 0) is 4.74 Å². The van der Waals surface area contributed by atoms with Crippen molar-refractivity contribution >= 4 is 40.3 Å². The molecule has 0 radical (unpaired) electrons. The number of hydrogen-bond acceptors (Lipinski definition) is 4. The van der Waals surface area contributed by atoms with E-state index < -0.39 is 0 Å². The molecule has 4 aliphatic rings. The van der Waals surface area contributed by atoms with Crippen molar-refractivity contribution in [3.63, 3.8) is 0 Å². The summed E-state index contributed by atoms with van der Waals surface area (Å²) in [6.45, 7) is 3.49. The number of benzene rings is 1. The predicted octanol–water partition coefficient (Wildman–Crippen LogP) is 5.87. The lowest BCUT2D eigenvalue weighted by atomic mass is 9.70. The summed E-state index contributed by atoms with van der Waals surface area (Å²) < 4.78 is 5.73. The van der Waals surface area contributed by atoms with Gasteiger partial charge in [-0.2, -0.15) is 0 Å². The van der Waals surface area contributed by atoms with Gasteiger partial charge in [-0.3, -0.25) is 14.8 Å². The number of morpholine rings is 1. The van der Waals surface area contributed by atoms with Crippen LogP contribution in [0, 0.1) is 5.41 Å². The minimum Gasteiger partial charge on any atom is -0.379 e. The van der Waals surface area contributed by atoms with Crippen LogP contribution in [0.15, 0.2) is 29.3 Å². The fourth-order valence-electron chi connectivity index (χ4n) is 6.22. The fraction of sp³-hybridized carbons (Fsp3) is 0.680. The smallest absolute Gasteiger partial charge is 0.127 e. The van der Waals surface area contributed by atoms with Crippen molar-refractivity contribution in [2.75, 3.05) is 31.2 Å². The van der Waals surface area contributed by atoms with Crippen molar-refractivity contribution in [1.29, 1.82) is 0 Å². The van der Waals surface area contributed by atoms with Gasteiger partial charge in [0.2, 0.25) is 0 Å². The lowest BCUT2D eigenvalue weighted by molar-refractivity contribution is 0.00761. The summed E-state index contributed by atoms with van der Waals surface area (Å²) in [5, 5.41) is 0.759. The van der Waals surface area contributed by atoms with Crippen molar-refractivity contribution in [1.82, 2.24) is 4.90 Å². The highest BCUT2D eigenvalue weighted by atomic mass is 35.5. The number of aliphatic imine (C=N–C) groups is 1. The lowest BCUT2D eigenvalue weighted by Gasteiger charge is -2.44. The first-order chi connectivity index (χ1) is 15.2. The van der Waals surface area contributed by atoms with Crippen LogP contribution in [-0.4, -0.2) is 54.1 Å². The molecule has 31 heavy (non-hydrogen) atoms. The maximum atomic E-state index is 6.75. The molecule has 0 aromatic heterocycles. The average Bonchev–Trinajstić information content (AvgIpc) is 3.03. The predicted molar refractivity (Wildman–Crippen MR) is 133 cm³/mol. The van der Waals surface area contributed by atoms with Gasteiger partial charge in [-0.1, -0.05) is 74.5 Å². The first kappa shape index (κ1) is 21.8. The van der Waals surface area contributed by atoms with Gasteiger partial charge < -0.3 is 4.74 Å². The molecule has 0 unspecified atom stereocenters. The molecule has 5 rings (SSSR count). The van der Waals surface area contributed by atoms with E-state index in [1.807, 2.05) is 12.1 Å². The third-order valence-corrected chi connectivity index (χ3v) is 8.67. The van der Waals surface area contributed by atoms with E-state index in [4.69, 9.17) is 33.5 Å². The number of ether oxygens (including phenoxy) is 1. The number of amidine groups is 1. The van der Waals surface area contributed by atoms with E-state index in [-0.39, 0.29) is 11.5 Å². The Labute approximate surface area is 197 Å². The van der Waals surface area contributed by atoms with Gasteiger partial charge in [0, 0.05) is 18.5 Å². The second kappa shape index (κ2) is 9.46. The molecule has 0 N–H and O–H groups in total. The zero-order valence-corrected chi connectivity index (χ0v) is 20.0. The second-order valence-corrected chi connectivity index (χ2v) is 10.4. The van der Waals surface area contributed by atoms with Crippen molar-refractivity contribution < 1.29 is 4.74 Å². The third kappa shape index (κ3) is 4.07. The molecule has 4 nitrogen and oxygen atoms in total. The van der Waals surface area contributed by atoms with Gasteiger partial charge in [0.1, 0.15) is 5.84 Å². The summed E-state index contributed by atoms with van der Waals surface area (Å²) in [4.78, 5) is 11.5. The zero-order valence-electron chi connectivity index (χ0n) is 18.4. The van der Waals surface area contributed by atoms with Crippen LogP contribution < -0.4 is 4.90 Å². The molecule has 1 aromatic rings. The maximum absolute atomic E-state index is 6.75. The van der Waals surface area contributed by atoms with Crippen LogP contribution in [0.3, 0.4) is 0 Å². The Hall–Kier alpha value is -1.01. The number of nitrogens with zero attached hydrogens (tertiary/aromatic N) is 3. The Morgan fingerprint density at radius 1 is 0.968 bits per heavy atom. The zero-order chi connectivity index (χ0) is 21.3. The summed E-state index contributed by atoms with van der Waals surface area (Å²) in [5.74, 6) is 1.16. The van der Waals surface area contributed by atoms with E-state index in [9.17, 15) is 0 Å². The van der Waals surface area contributed by atoms with Gasteiger partial charge in [0.25, 0.3) is 0 Å². The first-order valence-electron chi connectivity index (χ1n) is 12.2. The Morgan fingerprint density at radius 3 is 2.35 bits per heavy atom. The summed E-state index contributed by atoms with van der Waals surface area (Å²) in [5.41, 5.74) is 0.988. The second-order valence-electron chi connectivity index (χ2n) is 9.64. The van der Waals surface area contributed by atoms with E-state index in [0.29, 0.717) is 6.04 Å². The molecule has 168 valence electrons. The van der Waals surface area contributed by atoms with Crippen LogP contribution in [0.5, 0.6) is 0 Å². The van der Waals surface area contributed by atoms with Gasteiger partial charge in [-0.05, 0) is 37.8 Å². The molecule has 2 heterocycles. The summed E-state index contributed by atoms with van der Waals surface area (Å²) >= 11 is 13.1. The quantitative estimate of drug-likeness (QED) is 0.528. The molecule has 4 fully saturated rings. The summed E-state index contributed by atoms with van der Waals surface area (Å²) in [6.07, 6.45) is 12.4. The Balaban J connectivity index is 1.64. The van der Waals surface area contributed by atoms with E-state index >= 15 is 0 Å². The van der Waals surface area contributed by atoms with Crippen LogP contribution in [0.2, 0.25) is 5.02 Å². The molecule has 0 bridgehead atoms. The Bertz CT molecular complexity index is 826. The molecule has 0 amide bonds. The summed E-state index contributed by atoms with van der Waals surface area (Å²) in [6, 6.07) is 8.80. The van der Waals surface area contributed by atoms with E-state index in [1.165, 1.54) is 51.4 Å². The highest BCUT2D eigenvalue weighted by Gasteiger charge is 2.57. The normalized spacial score (nSPS) is 29.2. The Morgan fingerprint density at radius 2 is 1.65 bits per heavy atom. The number of para-hydroxylation sites is 1. The molecular formula is C25H34ClN3OS. The van der Waals surface area contributed by atoms with Gasteiger partial charge in [-0.25, -0.2) is 0 Å². The molecular weight excluding hydrogens is 426 g/mol. The topological polar surface area (TPSA) is 28.1 Å². The SMILES string of the molecule is S=C1N(c2ccccc2Cl)C(=NC2CCCCC2)[C@@H](N2CCOCC2)C12CCCCC2. The number of anilines is 1. The molecule has 1 aromatic carbocycles. The van der Waals surface area contributed by atoms with Gasteiger partial charge in [0.05, 0.1) is 41.0 Å². The van der Waals surface area contributed by atoms with Crippen LogP contribution in [0.25, 0.3) is 0 Å². The monoisotopic (exact) mass is 459 g/mol. The molecule has 2 saturated carbocycles. The number of hydrogen-bond donors (Lipinski definition) is 0. The molecule has 2 aliphatic carbocycles. The number of halogens is 1. The van der Waals surface area contributed by atoms with Crippen molar-refractivity contribution in [2.45, 2.75) is 76.3 Å². The molecule has 2 aliphatic heterocycles. The fourth-order valence-corrected chi connectivity index (χ4v) is 6.95. The largest absolute Gasteiger partial charge is 0.379 e. The van der Waals surface area contributed by atoms with Crippen LogP contribution in [0.4, 0.5) is 5.69 Å². The number of rotatable bonds is 3. The number of thiocarbonyl (C=S) groups is 1. The van der Waals surface area contributed by atoms with Crippen molar-refractivity contribution in [3.05, 3.63) is 29.3 Å². The third-order valence-electron chi connectivity index (χ3n) is 7.77. The highest BCUT2D eigenvalue weighted by molar-refractivity contribution is 7.80. The Kier molecular flexibility index (Phi) is 6.66. The van der Waals surface area contributed by atoms with Crippen LogP contribution >= 0.6 is 23.8 Å².